The summed E-state index contributed by atoms with van der Waals surface area (Å²) in [6, 6.07) is 7.54. The molecule has 2 atom stereocenters. The highest BCUT2D eigenvalue weighted by atomic mass is 14.9. The van der Waals surface area contributed by atoms with Gasteiger partial charge in [-0.15, -0.1) is 0 Å². The van der Waals surface area contributed by atoms with E-state index in [1.807, 2.05) is 0 Å². The van der Waals surface area contributed by atoms with E-state index in [-0.39, 0.29) is 0 Å². The Morgan fingerprint density at radius 3 is 2.47 bits per heavy atom. The van der Waals surface area contributed by atoms with Gasteiger partial charge >= 0.3 is 0 Å². The average molecular weight is 257 g/mol. The molecule has 2 unspecified atom stereocenters. The number of fused-ring (bicyclic) bond motifs is 1. The van der Waals surface area contributed by atoms with Gasteiger partial charge in [0, 0.05) is 11.7 Å². The van der Waals surface area contributed by atoms with Crippen LogP contribution in [-0.4, -0.2) is 6.04 Å². The van der Waals surface area contributed by atoms with Crippen LogP contribution in [0.1, 0.15) is 57.1 Å². The number of benzene rings is 1. The van der Waals surface area contributed by atoms with Gasteiger partial charge in [-0.05, 0) is 67.6 Å². The molecule has 0 radical (unpaired) electrons. The quantitative estimate of drug-likeness (QED) is 0.802. The fraction of sp³-hybridized carbons (Fsp3) is 0.667. The van der Waals surface area contributed by atoms with Crippen LogP contribution in [0.4, 0.5) is 5.69 Å². The molecule has 2 aliphatic carbocycles. The lowest BCUT2D eigenvalue weighted by atomic mass is 9.78. The second kappa shape index (κ2) is 5.56. The van der Waals surface area contributed by atoms with Crippen LogP contribution in [0.5, 0.6) is 0 Å². The van der Waals surface area contributed by atoms with Gasteiger partial charge in [-0.3, -0.25) is 0 Å². The van der Waals surface area contributed by atoms with E-state index >= 15 is 0 Å². The van der Waals surface area contributed by atoms with Gasteiger partial charge in [0.15, 0.2) is 0 Å². The predicted molar refractivity (Wildman–Crippen MR) is 82.7 cm³/mol. The van der Waals surface area contributed by atoms with Crippen molar-refractivity contribution in [3.05, 3.63) is 29.3 Å². The lowest BCUT2D eigenvalue weighted by Gasteiger charge is -2.37. The molecular formula is C18H27N. The maximum Gasteiger partial charge on any atom is 0.0377 e. The van der Waals surface area contributed by atoms with Crippen molar-refractivity contribution in [2.45, 2.75) is 64.8 Å². The van der Waals surface area contributed by atoms with E-state index in [1.54, 1.807) is 11.1 Å². The number of hydrogen-bond donors (Lipinski definition) is 1. The maximum atomic E-state index is 3.91. The maximum absolute atomic E-state index is 3.91. The molecule has 19 heavy (non-hydrogen) atoms. The first kappa shape index (κ1) is 13.0. The van der Waals surface area contributed by atoms with Gasteiger partial charge in [0.2, 0.25) is 0 Å². The summed E-state index contributed by atoms with van der Waals surface area (Å²) < 4.78 is 0. The molecule has 0 aromatic heterocycles. The van der Waals surface area contributed by atoms with E-state index in [9.17, 15) is 0 Å². The predicted octanol–water partition coefficient (Wildman–Crippen LogP) is 4.80. The fourth-order valence-electron chi connectivity index (χ4n) is 4.06. The lowest BCUT2D eigenvalue weighted by molar-refractivity contribution is 0.268. The first-order chi connectivity index (χ1) is 9.25. The van der Waals surface area contributed by atoms with E-state index in [4.69, 9.17) is 0 Å². The molecule has 0 heterocycles. The smallest absolute Gasteiger partial charge is 0.0377 e. The van der Waals surface area contributed by atoms with Crippen molar-refractivity contribution in [3.8, 4) is 0 Å². The van der Waals surface area contributed by atoms with Gasteiger partial charge in [0.05, 0.1) is 0 Å². The largest absolute Gasteiger partial charge is 0.382 e. The Morgan fingerprint density at radius 1 is 0.947 bits per heavy atom. The molecule has 104 valence electrons. The van der Waals surface area contributed by atoms with Crippen molar-refractivity contribution in [2.75, 3.05) is 5.32 Å². The van der Waals surface area contributed by atoms with Crippen LogP contribution in [0, 0.1) is 11.8 Å². The highest BCUT2D eigenvalue weighted by Crippen LogP contribution is 2.34. The highest BCUT2D eigenvalue weighted by Gasteiger charge is 2.28. The summed E-state index contributed by atoms with van der Waals surface area (Å²) in [5.74, 6) is 1.62. The summed E-state index contributed by atoms with van der Waals surface area (Å²) in [5.41, 5.74) is 4.63. The standard InChI is InChI=1S/C18H27N/c1-13-7-5-8-14(2)18(13)19-17-12-6-10-15-9-3-4-11-16(15)17/h6,10,12-14,18-19H,3-5,7-9,11H2,1-2H3. The van der Waals surface area contributed by atoms with Crippen molar-refractivity contribution < 1.29 is 0 Å². The Hall–Kier alpha value is -0.980. The van der Waals surface area contributed by atoms with Gasteiger partial charge in [-0.2, -0.15) is 0 Å². The van der Waals surface area contributed by atoms with Crippen molar-refractivity contribution in [1.29, 1.82) is 0 Å². The summed E-state index contributed by atoms with van der Waals surface area (Å²) in [6.45, 7) is 4.84. The van der Waals surface area contributed by atoms with E-state index in [0.29, 0.717) is 6.04 Å². The van der Waals surface area contributed by atoms with Gasteiger partial charge < -0.3 is 5.32 Å². The lowest BCUT2D eigenvalue weighted by Crippen LogP contribution is -2.37. The Morgan fingerprint density at radius 2 is 1.68 bits per heavy atom. The molecule has 1 aromatic rings. The highest BCUT2D eigenvalue weighted by molar-refractivity contribution is 5.56. The van der Waals surface area contributed by atoms with Crippen molar-refractivity contribution in [2.24, 2.45) is 11.8 Å². The molecule has 3 rings (SSSR count). The minimum atomic E-state index is 0.669. The van der Waals surface area contributed by atoms with Gasteiger partial charge in [-0.1, -0.05) is 32.4 Å². The number of anilines is 1. The molecule has 1 saturated carbocycles. The van der Waals surface area contributed by atoms with Gasteiger partial charge in [0.25, 0.3) is 0 Å². The third kappa shape index (κ3) is 2.66. The van der Waals surface area contributed by atoms with E-state index < -0.39 is 0 Å². The number of hydrogen-bond acceptors (Lipinski definition) is 1. The van der Waals surface area contributed by atoms with E-state index in [2.05, 4.69) is 37.4 Å². The summed E-state index contributed by atoms with van der Waals surface area (Å²) in [7, 11) is 0. The van der Waals surface area contributed by atoms with Crippen LogP contribution in [0.3, 0.4) is 0 Å². The number of nitrogens with one attached hydrogen (secondary N) is 1. The van der Waals surface area contributed by atoms with Crippen molar-refractivity contribution in [3.63, 3.8) is 0 Å². The number of rotatable bonds is 2. The van der Waals surface area contributed by atoms with Crippen molar-refractivity contribution >= 4 is 5.69 Å². The summed E-state index contributed by atoms with van der Waals surface area (Å²) in [5, 5.41) is 3.91. The molecular weight excluding hydrogens is 230 g/mol. The Kier molecular flexibility index (Phi) is 3.81. The zero-order valence-corrected chi connectivity index (χ0v) is 12.4. The molecule has 0 bridgehead atoms. The summed E-state index contributed by atoms with van der Waals surface area (Å²) in [4.78, 5) is 0. The fourth-order valence-corrected chi connectivity index (χ4v) is 4.06. The van der Waals surface area contributed by atoms with Crippen LogP contribution < -0.4 is 5.32 Å². The molecule has 1 aromatic carbocycles. The second-order valence-electron chi connectivity index (χ2n) is 6.71. The van der Waals surface area contributed by atoms with Crippen LogP contribution in [0.15, 0.2) is 18.2 Å². The molecule has 1 nitrogen and oxygen atoms in total. The third-order valence-corrected chi connectivity index (χ3v) is 5.26. The molecule has 0 aliphatic heterocycles. The summed E-state index contributed by atoms with van der Waals surface area (Å²) >= 11 is 0. The van der Waals surface area contributed by atoms with Crippen LogP contribution in [0.2, 0.25) is 0 Å². The first-order valence-electron chi connectivity index (χ1n) is 8.13. The minimum absolute atomic E-state index is 0.669. The Bertz CT molecular complexity index is 427. The Balaban J connectivity index is 1.82. The molecule has 0 saturated heterocycles. The zero-order chi connectivity index (χ0) is 13.2. The number of aryl methyl sites for hydroxylation is 1. The second-order valence-corrected chi connectivity index (χ2v) is 6.71. The van der Waals surface area contributed by atoms with Gasteiger partial charge in [0.1, 0.15) is 0 Å². The average Bonchev–Trinajstić information content (AvgIpc) is 2.43. The van der Waals surface area contributed by atoms with E-state index in [0.717, 1.165) is 11.8 Å². The van der Waals surface area contributed by atoms with Crippen LogP contribution in [-0.2, 0) is 12.8 Å². The van der Waals surface area contributed by atoms with Crippen LogP contribution in [0.25, 0.3) is 0 Å². The van der Waals surface area contributed by atoms with E-state index in [1.165, 1.54) is 50.6 Å². The zero-order valence-electron chi connectivity index (χ0n) is 12.4. The molecule has 0 amide bonds. The third-order valence-electron chi connectivity index (χ3n) is 5.26. The Labute approximate surface area is 117 Å². The SMILES string of the molecule is CC1CCCC(C)C1Nc1cccc2c1CCCC2. The van der Waals surface area contributed by atoms with Crippen molar-refractivity contribution in [1.82, 2.24) is 0 Å². The minimum Gasteiger partial charge on any atom is -0.382 e. The molecule has 1 N–H and O–H groups in total. The molecule has 2 aliphatic rings. The summed E-state index contributed by atoms with van der Waals surface area (Å²) in [6.07, 6.45) is 9.46. The van der Waals surface area contributed by atoms with Gasteiger partial charge in [-0.25, -0.2) is 0 Å². The first-order valence-corrected chi connectivity index (χ1v) is 8.13. The molecule has 1 heteroatoms. The topological polar surface area (TPSA) is 12.0 Å². The molecule has 0 spiro atoms. The normalized spacial score (nSPS) is 30.7. The molecule has 1 fully saturated rings. The monoisotopic (exact) mass is 257 g/mol. The van der Waals surface area contributed by atoms with Crippen LogP contribution >= 0.6 is 0 Å².